The van der Waals surface area contributed by atoms with E-state index >= 15 is 0 Å². The van der Waals surface area contributed by atoms with Crippen LogP contribution in [0.4, 0.5) is 0 Å². The summed E-state index contributed by atoms with van der Waals surface area (Å²) in [5, 5.41) is 11.1. The number of hydrogen-bond acceptors (Lipinski definition) is 3. The van der Waals surface area contributed by atoms with Crippen molar-refractivity contribution < 1.29 is 14.6 Å². The fourth-order valence-corrected chi connectivity index (χ4v) is 3.45. The molecule has 0 amide bonds. The van der Waals surface area contributed by atoms with Crippen LogP contribution >= 0.6 is 27.5 Å². The van der Waals surface area contributed by atoms with Crippen LogP contribution in [0.15, 0.2) is 46.9 Å². The molecule has 1 N–H and O–H groups in total. The van der Waals surface area contributed by atoms with E-state index in [1.807, 2.05) is 30.3 Å². The molecular weight excluding hydrogens is 406 g/mol. The molecule has 0 saturated carbocycles. The number of fused-ring (bicyclic) bond motifs is 1. The number of nitrogens with zero attached hydrogens (tertiary/aromatic N) is 1. The second-order valence-electron chi connectivity index (χ2n) is 5.61. The number of benzene rings is 2. The van der Waals surface area contributed by atoms with Crippen molar-refractivity contribution in [2.24, 2.45) is 0 Å². The van der Waals surface area contributed by atoms with Gasteiger partial charge in [-0.15, -0.1) is 0 Å². The van der Waals surface area contributed by atoms with Gasteiger partial charge >= 0.3 is 5.97 Å². The van der Waals surface area contributed by atoms with Gasteiger partial charge in [-0.1, -0.05) is 39.7 Å². The van der Waals surface area contributed by atoms with Crippen molar-refractivity contribution in [2.75, 3.05) is 7.11 Å². The molecule has 0 aliphatic rings. The Labute approximate surface area is 158 Å². The first kappa shape index (κ1) is 17.9. The van der Waals surface area contributed by atoms with E-state index in [1.54, 1.807) is 19.1 Å². The van der Waals surface area contributed by atoms with Crippen LogP contribution in [0.3, 0.4) is 0 Å². The molecule has 1 heterocycles. The molecule has 25 heavy (non-hydrogen) atoms. The summed E-state index contributed by atoms with van der Waals surface area (Å²) in [6.07, 6.45) is -1.11. The summed E-state index contributed by atoms with van der Waals surface area (Å²) < 4.78 is 6.15. The summed E-state index contributed by atoms with van der Waals surface area (Å²) >= 11 is 9.50. The lowest BCUT2D eigenvalue weighted by Crippen LogP contribution is -2.17. The number of halogens is 2. The zero-order valence-electron chi connectivity index (χ0n) is 13.6. The summed E-state index contributed by atoms with van der Waals surface area (Å²) in [4.78, 5) is 16.3. The van der Waals surface area contributed by atoms with Crippen LogP contribution in [0.25, 0.3) is 22.0 Å². The number of aliphatic carboxylic acids is 1. The fraction of sp³-hybridized carbons (Fsp3) is 0.158. The van der Waals surface area contributed by atoms with Crippen LogP contribution in [0.2, 0.25) is 5.02 Å². The highest BCUT2D eigenvalue weighted by Crippen LogP contribution is 2.38. The molecule has 0 bridgehead atoms. The van der Waals surface area contributed by atoms with Crippen molar-refractivity contribution in [3.63, 3.8) is 0 Å². The zero-order chi connectivity index (χ0) is 18.1. The van der Waals surface area contributed by atoms with E-state index in [4.69, 9.17) is 16.3 Å². The fourth-order valence-electron chi connectivity index (χ4n) is 2.96. The van der Waals surface area contributed by atoms with Gasteiger partial charge in [-0.3, -0.25) is 4.98 Å². The van der Waals surface area contributed by atoms with Crippen LogP contribution in [-0.4, -0.2) is 23.2 Å². The van der Waals surface area contributed by atoms with E-state index in [0.29, 0.717) is 16.3 Å². The Morgan fingerprint density at radius 3 is 2.52 bits per heavy atom. The maximum atomic E-state index is 11.7. The molecule has 0 aliphatic heterocycles. The van der Waals surface area contributed by atoms with E-state index in [0.717, 1.165) is 26.5 Å². The molecule has 0 aliphatic carbocycles. The number of pyridine rings is 1. The molecule has 0 fully saturated rings. The van der Waals surface area contributed by atoms with Gasteiger partial charge in [0.25, 0.3) is 0 Å². The Kier molecular flexibility index (Phi) is 5.08. The number of carboxylic acid groups (broad SMARTS) is 1. The normalized spacial score (nSPS) is 12.3. The van der Waals surface area contributed by atoms with Crippen LogP contribution in [0, 0.1) is 6.92 Å². The van der Waals surface area contributed by atoms with Gasteiger partial charge in [0.05, 0.1) is 5.52 Å². The van der Waals surface area contributed by atoms with Crippen LogP contribution < -0.4 is 0 Å². The molecule has 0 unspecified atom stereocenters. The first-order chi connectivity index (χ1) is 11.9. The van der Waals surface area contributed by atoms with Crippen molar-refractivity contribution in [1.29, 1.82) is 0 Å². The first-order valence-corrected chi connectivity index (χ1v) is 8.70. The Balaban J connectivity index is 2.44. The summed E-state index contributed by atoms with van der Waals surface area (Å²) in [7, 11) is 1.38. The SMILES string of the molecule is CO[C@@H](C(=O)O)c1c(C)nc2ccc(Br)cc2c1-c1ccc(Cl)cc1. The lowest BCUT2D eigenvalue weighted by molar-refractivity contribution is -0.148. The molecule has 3 rings (SSSR count). The van der Waals surface area contributed by atoms with Gasteiger partial charge in [-0.05, 0) is 48.4 Å². The number of methoxy groups -OCH3 is 1. The molecule has 2 aromatic carbocycles. The minimum atomic E-state index is -1.11. The second kappa shape index (κ2) is 7.12. The summed E-state index contributed by atoms with van der Waals surface area (Å²) in [5.74, 6) is -1.06. The lowest BCUT2D eigenvalue weighted by atomic mass is 9.91. The Hall–Kier alpha value is -1.95. The Morgan fingerprint density at radius 2 is 1.92 bits per heavy atom. The van der Waals surface area contributed by atoms with Gasteiger partial charge in [0.1, 0.15) is 0 Å². The lowest BCUT2D eigenvalue weighted by Gasteiger charge is -2.20. The smallest absolute Gasteiger partial charge is 0.337 e. The van der Waals surface area contributed by atoms with E-state index < -0.39 is 12.1 Å². The highest BCUT2D eigenvalue weighted by Gasteiger charge is 2.27. The van der Waals surface area contributed by atoms with Gasteiger partial charge < -0.3 is 9.84 Å². The quantitative estimate of drug-likeness (QED) is 0.614. The summed E-state index contributed by atoms with van der Waals surface area (Å²) in [5.41, 5.74) is 3.60. The number of aryl methyl sites for hydroxylation is 1. The minimum Gasteiger partial charge on any atom is -0.479 e. The van der Waals surface area contributed by atoms with Crippen LogP contribution in [-0.2, 0) is 9.53 Å². The van der Waals surface area contributed by atoms with Gasteiger partial charge in [0.15, 0.2) is 6.10 Å². The average molecular weight is 421 g/mol. The first-order valence-electron chi connectivity index (χ1n) is 7.53. The highest BCUT2D eigenvalue weighted by atomic mass is 79.9. The predicted molar refractivity (Wildman–Crippen MR) is 102 cm³/mol. The van der Waals surface area contributed by atoms with E-state index in [1.165, 1.54) is 7.11 Å². The second-order valence-corrected chi connectivity index (χ2v) is 6.96. The van der Waals surface area contributed by atoms with Gasteiger partial charge in [0, 0.05) is 33.2 Å². The number of ether oxygens (including phenoxy) is 1. The molecule has 1 atom stereocenters. The average Bonchev–Trinajstić information content (AvgIpc) is 2.57. The minimum absolute atomic E-state index is 0.544. The third kappa shape index (κ3) is 3.40. The maximum absolute atomic E-state index is 11.7. The largest absolute Gasteiger partial charge is 0.479 e. The third-order valence-corrected chi connectivity index (χ3v) is 4.78. The van der Waals surface area contributed by atoms with Gasteiger partial charge in [0.2, 0.25) is 0 Å². The summed E-state index contributed by atoms with van der Waals surface area (Å²) in [6.45, 7) is 1.80. The monoisotopic (exact) mass is 419 g/mol. The number of hydrogen-bond donors (Lipinski definition) is 1. The van der Waals surface area contributed by atoms with Crippen molar-refractivity contribution >= 4 is 44.4 Å². The number of carbonyl (C=O) groups is 1. The predicted octanol–water partition coefficient (Wildman–Crippen LogP) is 5.40. The molecule has 0 spiro atoms. The van der Waals surface area contributed by atoms with Gasteiger partial charge in [-0.2, -0.15) is 0 Å². The number of aromatic nitrogens is 1. The molecule has 6 heteroatoms. The topological polar surface area (TPSA) is 59.4 Å². The maximum Gasteiger partial charge on any atom is 0.337 e. The zero-order valence-corrected chi connectivity index (χ0v) is 15.9. The Bertz CT molecular complexity index is 957. The van der Waals surface area contributed by atoms with E-state index in [-0.39, 0.29) is 0 Å². The Morgan fingerprint density at radius 1 is 1.24 bits per heavy atom. The number of rotatable bonds is 4. The highest BCUT2D eigenvalue weighted by molar-refractivity contribution is 9.10. The standard InChI is InChI=1S/C19H15BrClNO3/c1-10-16(18(25-2)19(23)24)17(11-3-6-13(21)7-4-11)14-9-12(20)5-8-15(14)22-10/h3-9,18H,1-2H3,(H,23,24)/t18-/m1/s1. The van der Waals surface area contributed by atoms with Gasteiger partial charge in [-0.25, -0.2) is 4.79 Å². The van der Waals surface area contributed by atoms with Crippen molar-refractivity contribution in [3.8, 4) is 11.1 Å². The molecule has 4 nitrogen and oxygen atoms in total. The van der Waals surface area contributed by atoms with Crippen molar-refractivity contribution in [1.82, 2.24) is 4.98 Å². The third-order valence-electron chi connectivity index (χ3n) is 4.03. The van der Waals surface area contributed by atoms with Crippen LogP contribution in [0.5, 0.6) is 0 Å². The molecule has 3 aromatic rings. The molecule has 1 aromatic heterocycles. The molecule has 128 valence electrons. The van der Waals surface area contributed by atoms with Crippen molar-refractivity contribution in [2.45, 2.75) is 13.0 Å². The van der Waals surface area contributed by atoms with Crippen LogP contribution in [0.1, 0.15) is 17.4 Å². The van der Waals surface area contributed by atoms with E-state index in [2.05, 4.69) is 20.9 Å². The molecule has 0 radical (unpaired) electrons. The van der Waals surface area contributed by atoms with Crippen molar-refractivity contribution in [3.05, 3.63) is 63.2 Å². The van der Waals surface area contributed by atoms with E-state index in [9.17, 15) is 9.90 Å². The molecule has 0 saturated heterocycles. The molecular formula is C19H15BrClNO3. The summed E-state index contributed by atoms with van der Waals surface area (Å²) in [6, 6.07) is 13.0. The number of carboxylic acids is 1.